The number of carboxylic acids is 1. The number of methoxy groups -OCH3 is 1. The van der Waals surface area contributed by atoms with Crippen LogP contribution in [-0.4, -0.2) is 41.7 Å². The summed E-state index contributed by atoms with van der Waals surface area (Å²) >= 11 is 0. The zero-order chi connectivity index (χ0) is 18.6. The topological polar surface area (TPSA) is 66.8 Å². The van der Waals surface area contributed by atoms with Gasteiger partial charge in [0, 0.05) is 13.5 Å². The second-order valence-electron chi connectivity index (χ2n) is 8.57. The van der Waals surface area contributed by atoms with Gasteiger partial charge in [-0.05, 0) is 61.7 Å². The van der Waals surface area contributed by atoms with Crippen LogP contribution < -0.4 is 0 Å². The zero-order valence-corrected chi connectivity index (χ0v) is 15.9. The summed E-state index contributed by atoms with van der Waals surface area (Å²) in [5.74, 6) is 1.89. The molecule has 8 atom stereocenters. The van der Waals surface area contributed by atoms with E-state index in [9.17, 15) is 14.3 Å². The highest BCUT2D eigenvalue weighted by atomic mass is 19.1. The standard InChI is InChI=1S/C20H35FO4/c1-12-8-14-5-4-13(2)17(20(14)18(9-12)25-3)7-6-16(22)10-15(21)11-19(23)24/h12-18,20,22H,4-11H2,1-3H3,(H,23,24)/t12-,13-,14?,15-,16+,17-,18-,20?/m0/s1. The quantitative estimate of drug-likeness (QED) is 0.687. The monoisotopic (exact) mass is 358 g/mol. The molecule has 2 rings (SSSR count). The van der Waals surface area contributed by atoms with Crippen molar-refractivity contribution in [3.63, 3.8) is 0 Å². The number of aliphatic hydroxyl groups excluding tert-OH is 1. The average molecular weight is 358 g/mol. The normalized spacial score (nSPS) is 38.0. The van der Waals surface area contributed by atoms with Crippen molar-refractivity contribution < 1.29 is 24.1 Å². The van der Waals surface area contributed by atoms with Crippen LogP contribution in [-0.2, 0) is 9.53 Å². The first-order chi connectivity index (χ1) is 11.8. The number of carboxylic acid groups (broad SMARTS) is 1. The lowest BCUT2D eigenvalue weighted by molar-refractivity contribution is -0.138. The number of fused-ring (bicyclic) bond motifs is 1. The van der Waals surface area contributed by atoms with E-state index in [4.69, 9.17) is 9.84 Å². The average Bonchev–Trinajstić information content (AvgIpc) is 2.52. The fourth-order valence-electron chi connectivity index (χ4n) is 5.43. The molecule has 4 nitrogen and oxygen atoms in total. The van der Waals surface area contributed by atoms with Crippen LogP contribution in [0, 0.1) is 29.6 Å². The molecule has 2 aliphatic rings. The maximum atomic E-state index is 13.6. The van der Waals surface area contributed by atoms with Gasteiger partial charge in [-0.2, -0.15) is 0 Å². The molecule has 0 aromatic rings. The molecule has 2 saturated carbocycles. The van der Waals surface area contributed by atoms with Gasteiger partial charge in [0.1, 0.15) is 6.17 Å². The van der Waals surface area contributed by atoms with Crippen LogP contribution in [0.3, 0.4) is 0 Å². The molecule has 0 radical (unpaired) electrons. The number of hydrogen-bond acceptors (Lipinski definition) is 3. The summed E-state index contributed by atoms with van der Waals surface area (Å²) < 4.78 is 19.5. The van der Waals surface area contributed by atoms with Crippen LogP contribution in [0.25, 0.3) is 0 Å². The number of rotatable bonds is 8. The van der Waals surface area contributed by atoms with Gasteiger partial charge in [-0.25, -0.2) is 4.39 Å². The van der Waals surface area contributed by atoms with Gasteiger partial charge in [0.15, 0.2) is 0 Å². The zero-order valence-electron chi connectivity index (χ0n) is 15.9. The van der Waals surface area contributed by atoms with Crippen molar-refractivity contribution in [1.82, 2.24) is 0 Å². The van der Waals surface area contributed by atoms with Crippen molar-refractivity contribution in [1.29, 1.82) is 0 Å². The van der Waals surface area contributed by atoms with Gasteiger partial charge >= 0.3 is 5.97 Å². The molecule has 0 aromatic carbocycles. The van der Waals surface area contributed by atoms with Gasteiger partial charge < -0.3 is 14.9 Å². The molecule has 0 aromatic heterocycles. The summed E-state index contributed by atoms with van der Waals surface area (Å²) in [5.41, 5.74) is 0. The Balaban J connectivity index is 1.92. The number of aliphatic carboxylic acids is 1. The Morgan fingerprint density at radius 1 is 1.28 bits per heavy atom. The molecule has 0 saturated heterocycles. The van der Waals surface area contributed by atoms with Gasteiger partial charge in [-0.3, -0.25) is 4.79 Å². The summed E-state index contributed by atoms with van der Waals surface area (Å²) in [5, 5.41) is 18.8. The third kappa shape index (κ3) is 5.65. The van der Waals surface area contributed by atoms with Crippen LogP contribution in [0.15, 0.2) is 0 Å². The number of carbonyl (C=O) groups is 1. The first-order valence-corrected chi connectivity index (χ1v) is 9.88. The molecule has 2 fully saturated rings. The van der Waals surface area contributed by atoms with Gasteiger partial charge in [-0.15, -0.1) is 0 Å². The Morgan fingerprint density at radius 3 is 2.64 bits per heavy atom. The minimum Gasteiger partial charge on any atom is -0.481 e. The molecule has 25 heavy (non-hydrogen) atoms. The summed E-state index contributed by atoms with van der Waals surface area (Å²) in [6.07, 6.45) is 3.74. The lowest BCUT2D eigenvalue weighted by Gasteiger charge is -2.50. The molecule has 2 unspecified atom stereocenters. The van der Waals surface area contributed by atoms with Crippen LogP contribution in [0.5, 0.6) is 0 Å². The maximum Gasteiger partial charge on any atom is 0.306 e. The first-order valence-electron chi connectivity index (χ1n) is 9.88. The van der Waals surface area contributed by atoms with Gasteiger partial charge in [0.2, 0.25) is 0 Å². The lowest BCUT2D eigenvalue weighted by Crippen LogP contribution is -2.46. The van der Waals surface area contributed by atoms with E-state index in [0.29, 0.717) is 42.1 Å². The Morgan fingerprint density at radius 2 is 2.00 bits per heavy atom. The van der Waals surface area contributed by atoms with Crippen LogP contribution in [0.1, 0.15) is 65.2 Å². The highest BCUT2D eigenvalue weighted by Gasteiger charge is 2.45. The predicted octanol–water partition coefficient (Wildman–Crippen LogP) is 4.05. The van der Waals surface area contributed by atoms with Crippen LogP contribution in [0.2, 0.25) is 0 Å². The van der Waals surface area contributed by atoms with Crippen molar-refractivity contribution in [2.45, 2.75) is 83.6 Å². The Kier molecular flexibility index (Phi) is 7.68. The van der Waals surface area contributed by atoms with Crippen molar-refractivity contribution in [3.8, 4) is 0 Å². The summed E-state index contributed by atoms with van der Waals surface area (Å²) in [6.45, 7) is 4.60. The molecule has 146 valence electrons. The van der Waals surface area contributed by atoms with E-state index in [1.807, 2.05) is 7.11 Å². The number of ether oxygens (including phenoxy) is 1. The van der Waals surface area contributed by atoms with Crippen molar-refractivity contribution in [2.75, 3.05) is 7.11 Å². The Labute approximate surface area is 151 Å². The van der Waals surface area contributed by atoms with E-state index in [2.05, 4.69) is 13.8 Å². The van der Waals surface area contributed by atoms with Crippen molar-refractivity contribution >= 4 is 5.97 Å². The molecule has 0 aliphatic heterocycles. The minimum atomic E-state index is -1.47. The van der Waals surface area contributed by atoms with Gasteiger partial charge in [-0.1, -0.05) is 20.3 Å². The minimum absolute atomic E-state index is 0.0771. The SMILES string of the molecule is CO[C@H]1C[C@@H](C)CC2CC[C@H](C)[C@H](CC[C@@H](O)C[C@H](F)CC(=O)O)C21. The number of aliphatic hydroxyl groups is 1. The molecule has 0 spiro atoms. The second-order valence-corrected chi connectivity index (χ2v) is 8.57. The van der Waals surface area contributed by atoms with E-state index >= 15 is 0 Å². The molecule has 0 bridgehead atoms. The van der Waals surface area contributed by atoms with Gasteiger partial charge in [0.25, 0.3) is 0 Å². The van der Waals surface area contributed by atoms with E-state index in [-0.39, 0.29) is 6.42 Å². The largest absolute Gasteiger partial charge is 0.481 e. The van der Waals surface area contributed by atoms with E-state index in [0.717, 1.165) is 12.8 Å². The van der Waals surface area contributed by atoms with Crippen LogP contribution in [0.4, 0.5) is 4.39 Å². The third-order valence-corrected chi connectivity index (χ3v) is 6.59. The Bertz CT molecular complexity index is 422. The predicted molar refractivity (Wildman–Crippen MR) is 95.1 cm³/mol. The Hall–Kier alpha value is -0.680. The fourth-order valence-corrected chi connectivity index (χ4v) is 5.43. The second kappa shape index (κ2) is 9.31. The molecular formula is C20H35FO4. The molecular weight excluding hydrogens is 323 g/mol. The third-order valence-electron chi connectivity index (χ3n) is 6.59. The smallest absolute Gasteiger partial charge is 0.306 e. The summed E-state index contributed by atoms with van der Waals surface area (Å²) in [7, 11) is 1.81. The van der Waals surface area contributed by atoms with Gasteiger partial charge in [0.05, 0.1) is 18.6 Å². The summed E-state index contributed by atoms with van der Waals surface area (Å²) in [6, 6.07) is 0. The molecule has 0 amide bonds. The molecule has 0 heterocycles. The number of alkyl halides is 1. The van der Waals surface area contributed by atoms with Crippen molar-refractivity contribution in [2.24, 2.45) is 29.6 Å². The van der Waals surface area contributed by atoms with E-state index in [1.54, 1.807) is 0 Å². The highest BCUT2D eigenvalue weighted by molar-refractivity contribution is 5.67. The fraction of sp³-hybridized carbons (Fsp3) is 0.950. The van der Waals surface area contributed by atoms with Crippen LogP contribution >= 0.6 is 0 Å². The maximum absolute atomic E-state index is 13.6. The lowest BCUT2D eigenvalue weighted by atomic mass is 9.58. The van der Waals surface area contributed by atoms with E-state index < -0.39 is 24.7 Å². The number of hydrogen-bond donors (Lipinski definition) is 2. The highest BCUT2D eigenvalue weighted by Crippen LogP contribution is 2.50. The molecule has 2 N–H and O–H groups in total. The van der Waals surface area contributed by atoms with Crippen molar-refractivity contribution in [3.05, 3.63) is 0 Å². The summed E-state index contributed by atoms with van der Waals surface area (Å²) in [4.78, 5) is 10.6. The molecule has 5 heteroatoms. The molecule has 2 aliphatic carbocycles. The number of halogens is 1. The van der Waals surface area contributed by atoms with E-state index in [1.165, 1.54) is 19.3 Å². The first kappa shape index (κ1) is 20.6.